The minimum absolute atomic E-state index is 0.117. The van der Waals surface area contributed by atoms with E-state index in [1.54, 1.807) is 0 Å². The second-order valence-corrected chi connectivity index (χ2v) is 5.29. The van der Waals surface area contributed by atoms with Gasteiger partial charge in [0.05, 0.1) is 12.9 Å². The summed E-state index contributed by atoms with van der Waals surface area (Å²) in [5.74, 6) is 0.731. The molecule has 1 aromatic carbocycles. The molecular weight excluding hydrogens is 212 g/mol. The van der Waals surface area contributed by atoms with Crippen LogP contribution in [0.25, 0.3) is 11.0 Å². The number of aryl methyl sites for hydroxylation is 1. The quantitative estimate of drug-likeness (QED) is 0.815. The first-order chi connectivity index (χ1) is 8.20. The molecule has 0 saturated heterocycles. The average molecular weight is 230 g/mol. The zero-order valence-electron chi connectivity index (χ0n) is 10.4. The molecule has 1 atom stereocenters. The Morgan fingerprint density at radius 2 is 2.24 bits per heavy atom. The van der Waals surface area contributed by atoms with Gasteiger partial charge in [0.2, 0.25) is 0 Å². The van der Waals surface area contributed by atoms with Gasteiger partial charge in [0.25, 0.3) is 0 Å². The molecule has 1 aliphatic rings. The summed E-state index contributed by atoms with van der Waals surface area (Å²) in [4.78, 5) is 0. The minimum atomic E-state index is 0.117. The zero-order valence-corrected chi connectivity index (χ0v) is 10.4. The van der Waals surface area contributed by atoms with Crippen molar-refractivity contribution in [3.63, 3.8) is 0 Å². The normalized spacial score (nSPS) is 19.6. The first-order valence-corrected chi connectivity index (χ1v) is 6.33. The smallest absolute Gasteiger partial charge is 0.134 e. The van der Waals surface area contributed by atoms with E-state index in [1.807, 2.05) is 12.3 Å². The van der Waals surface area contributed by atoms with Crippen molar-refractivity contribution in [1.29, 1.82) is 0 Å². The second-order valence-electron chi connectivity index (χ2n) is 5.29. The Morgan fingerprint density at radius 1 is 1.41 bits per heavy atom. The van der Waals surface area contributed by atoms with Crippen molar-refractivity contribution in [2.24, 2.45) is 5.92 Å². The molecule has 0 amide bonds. The van der Waals surface area contributed by atoms with Crippen molar-refractivity contribution < 1.29 is 9.52 Å². The summed E-state index contributed by atoms with van der Waals surface area (Å²) < 4.78 is 5.58. The molecule has 0 fully saturated rings. The summed E-state index contributed by atoms with van der Waals surface area (Å²) >= 11 is 0. The highest BCUT2D eigenvalue weighted by Gasteiger charge is 2.22. The second kappa shape index (κ2) is 3.88. The third kappa shape index (κ3) is 1.59. The molecule has 0 spiro atoms. The lowest BCUT2D eigenvalue weighted by Gasteiger charge is -2.24. The molecule has 0 aliphatic heterocycles. The van der Waals surface area contributed by atoms with E-state index < -0.39 is 0 Å². The molecule has 0 saturated carbocycles. The number of aliphatic hydroxyl groups excluding tert-OH is 1. The third-order valence-corrected chi connectivity index (χ3v) is 3.97. The standard InChI is InChI=1S/C15H18O2/c1-9-3-4-12-11(7-16)6-14-15(13(12)5-9)10(2)8-17-14/h6,8-9,16H,3-5,7H2,1-2H3/t9-/m1/s1. The van der Waals surface area contributed by atoms with Crippen molar-refractivity contribution in [2.75, 3.05) is 0 Å². The Balaban J connectivity index is 2.33. The molecular formula is C15H18O2. The van der Waals surface area contributed by atoms with Gasteiger partial charge >= 0.3 is 0 Å². The zero-order chi connectivity index (χ0) is 12.0. The van der Waals surface area contributed by atoms with Crippen LogP contribution in [-0.2, 0) is 19.4 Å². The molecule has 1 heterocycles. The molecule has 1 N–H and O–H groups in total. The number of hydrogen-bond donors (Lipinski definition) is 1. The van der Waals surface area contributed by atoms with Crippen LogP contribution in [-0.4, -0.2) is 5.11 Å². The van der Waals surface area contributed by atoms with Crippen LogP contribution in [0.5, 0.6) is 0 Å². The molecule has 3 rings (SSSR count). The Morgan fingerprint density at radius 3 is 3.00 bits per heavy atom. The van der Waals surface area contributed by atoms with Crippen molar-refractivity contribution >= 4 is 11.0 Å². The number of aliphatic hydroxyl groups is 1. The lowest BCUT2D eigenvalue weighted by molar-refractivity contribution is 0.279. The highest BCUT2D eigenvalue weighted by Crippen LogP contribution is 2.36. The highest BCUT2D eigenvalue weighted by atomic mass is 16.3. The van der Waals surface area contributed by atoms with E-state index in [-0.39, 0.29) is 6.61 Å². The lowest BCUT2D eigenvalue weighted by atomic mass is 9.80. The fourth-order valence-electron chi connectivity index (χ4n) is 3.07. The Bertz CT molecular complexity index is 566. The maximum Gasteiger partial charge on any atom is 0.134 e. The van der Waals surface area contributed by atoms with Gasteiger partial charge in [-0.3, -0.25) is 0 Å². The fourth-order valence-corrected chi connectivity index (χ4v) is 3.07. The third-order valence-electron chi connectivity index (χ3n) is 3.97. The van der Waals surface area contributed by atoms with E-state index in [2.05, 4.69) is 13.8 Å². The van der Waals surface area contributed by atoms with Gasteiger partial charge in [0.1, 0.15) is 5.58 Å². The molecule has 2 heteroatoms. The van der Waals surface area contributed by atoms with Gasteiger partial charge < -0.3 is 9.52 Å². The maximum atomic E-state index is 9.48. The number of hydrogen-bond acceptors (Lipinski definition) is 2. The van der Waals surface area contributed by atoms with E-state index >= 15 is 0 Å². The van der Waals surface area contributed by atoms with Crippen LogP contribution in [0.4, 0.5) is 0 Å². The monoisotopic (exact) mass is 230 g/mol. The average Bonchev–Trinajstić information content (AvgIpc) is 2.70. The van der Waals surface area contributed by atoms with E-state index in [4.69, 9.17) is 4.42 Å². The summed E-state index contributed by atoms with van der Waals surface area (Å²) in [5, 5.41) is 10.8. The van der Waals surface area contributed by atoms with Crippen LogP contribution < -0.4 is 0 Å². The molecule has 1 aliphatic carbocycles. The van der Waals surface area contributed by atoms with Crippen molar-refractivity contribution in [1.82, 2.24) is 0 Å². The van der Waals surface area contributed by atoms with Gasteiger partial charge in [-0.2, -0.15) is 0 Å². The highest BCUT2D eigenvalue weighted by molar-refractivity contribution is 5.87. The number of benzene rings is 1. The largest absolute Gasteiger partial charge is 0.464 e. The molecule has 17 heavy (non-hydrogen) atoms. The van der Waals surface area contributed by atoms with Crippen LogP contribution in [0.3, 0.4) is 0 Å². The van der Waals surface area contributed by atoms with Gasteiger partial charge in [0.15, 0.2) is 0 Å². The number of fused-ring (bicyclic) bond motifs is 3. The number of rotatable bonds is 1. The van der Waals surface area contributed by atoms with E-state index in [9.17, 15) is 5.11 Å². The number of furan rings is 1. The Kier molecular flexibility index (Phi) is 2.48. The molecule has 90 valence electrons. The van der Waals surface area contributed by atoms with Crippen molar-refractivity contribution in [3.05, 3.63) is 34.6 Å². The van der Waals surface area contributed by atoms with Gasteiger partial charge in [-0.15, -0.1) is 0 Å². The predicted molar refractivity (Wildman–Crippen MR) is 68.1 cm³/mol. The minimum Gasteiger partial charge on any atom is -0.464 e. The van der Waals surface area contributed by atoms with Gasteiger partial charge in [-0.25, -0.2) is 0 Å². The van der Waals surface area contributed by atoms with Gasteiger partial charge in [-0.05, 0) is 60.4 Å². The molecule has 0 unspecified atom stereocenters. The van der Waals surface area contributed by atoms with E-state index in [0.29, 0.717) is 0 Å². The van der Waals surface area contributed by atoms with Gasteiger partial charge in [0, 0.05) is 5.39 Å². The van der Waals surface area contributed by atoms with Crippen molar-refractivity contribution in [3.8, 4) is 0 Å². The fraction of sp³-hybridized carbons (Fsp3) is 0.467. The lowest BCUT2D eigenvalue weighted by Crippen LogP contribution is -2.14. The van der Waals surface area contributed by atoms with Crippen LogP contribution in [0, 0.1) is 12.8 Å². The topological polar surface area (TPSA) is 33.4 Å². The molecule has 1 aromatic heterocycles. The summed E-state index contributed by atoms with van der Waals surface area (Å²) in [6.07, 6.45) is 5.25. The Hall–Kier alpha value is -1.28. The predicted octanol–water partition coefficient (Wildman–Crippen LogP) is 3.36. The van der Waals surface area contributed by atoms with E-state index in [0.717, 1.165) is 29.9 Å². The summed E-state index contributed by atoms with van der Waals surface area (Å²) in [7, 11) is 0. The Labute approximate surface area is 101 Å². The van der Waals surface area contributed by atoms with Crippen molar-refractivity contribution in [2.45, 2.75) is 39.7 Å². The van der Waals surface area contributed by atoms with Crippen LogP contribution in [0.15, 0.2) is 16.7 Å². The maximum absolute atomic E-state index is 9.48. The summed E-state index contributed by atoms with van der Waals surface area (Å²) in [6.45, 7) is 4.52. The summed E-state index contributed by atoms with van der Waals surface area (Å²) in [6, 6.07) is 2.01. The first kappa shape index (κ1) is 10.8. The molecule has 2 aromatic rings. The van der Waals surface area contributed by atoms with Gasteiger partial charge in [-0.1, -0.05) is 6.92 Å². The van der Waals surface area contributed by atoms with E-state index in [1.165, 1.54) is 28.5 Å². The van der Waals surface area contributed by atoms with Crippen LogP contribution in [0.2, 0.25) is 0 Å². The molecule has 0 bridgehead atoms. The first-order valence-electron chi connectivity index (χ1n) is 6.33. The summed E-state index contributed by atoms with van der Waals surface area (Å²) in [5.41, 5.74) is 5.97. The molecule has 2 nitrogen and oxygen atoms in total. The van der Waals surface area contributed by atoms with Crippen LogP contribution in [0.1, 0.15) is 35.6 Å². The SMILES string of the molecule is Cc1coc2cc(CO)c3c(c12)C[C@H](C)CC3. The van der Waals surface area contributed by atoms with Crippen LogP contribution >= 0.6 is 0 Å². The molecule has 0 radical (unpaired) electrons.